The van der Waals surface area contributed by atoms with Gasteiger partial charge in [-0.1, -0.05) is 6.42 Å². The van der Waals surface area contributed by atoms with Crippen molar-refractivity contribution in [3.05, 3.63) is 22.6 Å². The Hall–Kier alpha value is -1.40. The standard InChI is InChI=1S/C15H25N5O/c1-18-6-8-19(9-7-18)14-10-15(21)20(17-11-14)12-13-4-2-3-5-16-13/h10-11,13,16H,2-9,12H2,1H3. The van der Waals surface area contributed by atoms with E-state index in [0.717, 1.165) is 44.8 Å². The molecule has 0 radical (unpaired) electrons. The summed E-state index contributed by atoms with van der Waals surface area (Å²) in [5.74, 6) is 0. The van der Waals surface area contributed by atoms with Crippen molar-refractivity contribution in [2.45, 2.75) is 31.8 Å². The summed E-state index contributed by atoms with van der Waals surface area (Å²) in [7, 11) is 2.13. The number of hydrogen-bond acceptors (Lipinski definition) is 5. The number of piperazine rings is 1. The highest BCUT2D eigenvalue weighted by Gasteiger charge is 2.17. The third-order valence-electron chi connectivity index (χ3n) is 4.53. The van der Waals surface area contributed by atoms with Crippen LogP contribution in [0.1, 0.15) is 19.3 Å². The maximum atomic E-state index is 12.3. The van der Waals surface area contributed by atoms with Crippen LogP contribution in [0.3, 0.4) is 0 Å². The van der Waals surface area contributed by atoms with Crippen molar-refractivity contribution < 1.29 is 0 Å². The van der Waals surface area contributed by atoms with Crippen molar-refractivity contribution in [3.8, 4) is 0 Å². The molecule has 6 heteroatoms. The maximum Gasteiger partial charge on any atom is 0.268 e. The summed E-state index contributed by atoms with van der Waals surface area (Å²) < 4.78 is 1.60. The molecule has 21 heavy (non-hydrogen) atoms. The summed E-state index contributed by atoms with van der Waals surface area (Å²) >= 11 is 0. The van der Waals surface area contributed by atoms with Gasteiger partial charge in [-0.15, -0.1) is 0 Å². The van der Waals surface area contributed by atoms with Gasteiger partial charge in [-0.3, -0.25) is 4.79 Å². The quantitative estimate of drug-likeness (QED) is 0.858. The predicted octanol–water partition coefficient (Wildman–Crippen LogP) is 0.137. The number of likely N-dealkylation sites (N-methyl/N-ethyl adjacent to an activating group) is 1. The topological polar surface area (TPSA) is 53.4 Å². The van der Waals surface area contributed by atoms with Gasteiger partial charge in [0.1, 0.15) is 0 Å². The average molecular weight is 291 g/mol. The molecule has 0 bridgehead atoms. The van der Waals surface area contributed by atoms with Gasteiger partial charge >= 0.3 is 0 Å². The molecule has 2 saturated heterocycles. The van der Waals surface area contributed by atoms with E-state index < -0.39 is 0 Å². The summed E-state index contributed by atoms with van der Waals surface area (Å²) in [4.78, 5) is 16.8. The Morgan fingerprint density at radius 3 is 2.76 bits per heavy atom. The summed E-state index contributed by atoms with van der Waals surface area (Å²) in [6.45, 7) is 5.74. The zero-order chi connectivity index (χ0) is 14.7. The zero-order valence-electron chi connectivity index (χ0n) is 12.8. The monoisotopic (exact) mass is 291 g/mol. The van der Waals surface area contributed by atoms with Crippen LogP contribution in [-0.4, -0.2) is 60.5 Å². The minimum atomic E-state index is 0.0128. The van der Waals surface area contributed by atoms with Crippen LogP contribution in [0, 0.1) is 0 Å². The zero-order valence-corrected chi connectivity index (χ0v) is 12.8. The van der Waals surface area contributed by atoms with Gasteiger partial charge in [0.2, 0.25) is 0 Å². The third kappa shape index (κ3) is 3.63. The van der Waals surface area contributed by atoms with E-state index in [0.29, 0.717) is 12.6 Å². The second-order valence-corrected chi connectivity index (χ2v) is 6.17. The Bertz CT molecular complexity index is 515. The fourth-order valence-electron chi connectivity index (χ4n) is 3.09. The average Bonchev–Trinajstić information content (AvgIpc) is 2.51. The smallest absolute Gasteiger partial charge is 0.268 e. The molecule has 0 saturated carbocycles. The Balaban J connectivity index is 1.66. The number of aromatic nitrogens is 2. The SMILES string of the molecule is CN1CCN(c2cnn(CC3CCCCN3)c(=O)c2)CC1. The van der Waals surface area contributed by atoms with Crippen LogP contribution < -0.4 is 15.8 Å². The Morgan fingerprint density at radius 2 is 2.10 bits per heavy atom. The van der Waals surface area contributed by atoms with E-state index in [1.54, 1.807) is 10.7 Å². The van der Waals surface area contributed by atoms with E-state index in [-0.39, 0.29) is 5.56 Å². The molecule has 0 aromatic carbocycles. The van der Waals surface area contributed by atoms with E-state index in [9.17, 15) is 4.79 Å². The van der Waals surface area contributed by atoms with Crippen LogP contribution in [-0.2, 0) is 6.54 Å². The van der Waals surface area contributed by atoms with Crippen LogP contribution in [0.2, 0.25) is 0 Å². The van der Waals surface area contributed by atoms with Crippen LogP contribution in [0.25, 0.3) is 0 Å². The van der Waals surface area contributed by atoms with Gasteiger partial charge < -0.3 is 15.1 Å². The first-order chi connectivity index (χ1) is 10.2. The Labute approximate surface area is 125 Å². The number of hydrogen-bond donors (Lipinski definition) is 1. The molecule has 1 aromatic rings. The molecule has 2 fully saturated rings. The number of nitrogens with zero attached hydrogens (tertiary/aromatic N) is 4. The van der Waals surface area contributed by atoms with Crippen molar-refractivity contribution in [2.24, 2.45) is 0 Å². The highest BCUT2D eigenvalue weighted by molar-refractivity contribution is 5.43. The number of nitrogens with one attached hydrogen (secondary N) is 1. The summed E-state index contributed by atoms with van der Waals surface area (Å²) in [6, 6.07) is 2.12. The molecular weight excluding hydrogens is 266 g/mol. The molecule has 3 heterocycles. The Kier molecular flexibility index (Phi) is 4.55. The first kappa shape index (κ1) is 14.5. The lowest BCUT2D eigenvalue weighted by Gasteiger charge is -2.33. The second kappa shape index (κ2) is 6.58. The summed E-state index contributed by atoms with van der Waals surface area (Å²) in [5, 5.41) is 7.84. The van der Waals surface area contributed by atoms with E-state index in [2.05, 4.69) is 27.3 Å². The van der Waals surface area contributed by atoms with Crippen molar-refractivity contribution in [1.82, 2.24) is 20.0 Å². The van der Waals surface area contributed by atoms with E-state index >= 15 is 0 Å². The first-order valence-corrected chi connectivity index (χ1v) is 7.96. The maximum absolute atomic E-state index is 12.3. The lowest BCUT2D eigenvalue weighted by molar-refractivity contribution is 0.312. The molecule has 1 aromatic heterocycles. The Morgan fingerprint density at radius 1 is 1.29 bits per heavy atom. The highest BCUT2D eigenvalue weighted by atomic mass is 16.1. The van der Waals surface area contributed by atoms with Crippen LogP contribution in [0.15, 0.2) is 17.1 Å². The number of anilines is 1. The highest BCUT2D eigenvalue weighted by Crippen LogP contribution is 2.13. The van der Waals surface area contributed by atoms with Crippen molar-refractivity contribution >= 4 is 5.69 Å². The fourth-order valence-corrected chi connectivity index (χ4v) is 3.09. The summed E-state index contributed by atoms with van der Waals surface area (Å²) in [6.07, 6.45) is 5.46. The van der Waals surface area contributed by atoms with Gasteiger partial charge in [-0.25, -0.2) is 4.68 Å². The fraction of sp³-hybridized carbons (Fsp3) is 0.733. The van der Waals surface area contributed by atoms with Crippen molar-refractivity contribution in [3.63, 3.8) is 0 Å². The van der Waals surface area contributed by atoms with Gasteiger partial charge in [0.15, 0.2) is 0 Å². The molecular formula is C15H25N5O. The molecule has 2 aliphatic heterocycles. The predicted molar refractivity (Wildman–Crippen MR) is 83.8 cm³/mol. The van der Waals surface area contributed by atoms with Gasteiger partial charge in [0, 0.05) is 38.3 Å². The molecule has 2 aliphatic rings. The van der Waals surface area contributed by atoms with E-state index in [1.165, 1.54) is 12.8 Å². The van der Waals surface area contributed by atoms with E-state index in [1.807, 2.05) is 6.20 Å². The lowest BCUT2D eigenvalue weighted by Crippen LogP contribution is -2.45. The molecule has 3 rings (SSSR count). The number of rotatable bonds is 3. The van der Waals surface area contributed by atoms with Gasteiger partial charge in [0.05, 0.1) is 18.4 Å². The van der Waals surface area contributed by atoms with E-state index in [4.69, 9.17) is 0 Å². The van der Waals surface area contributed by atoms with Gasteiger partial charge in [-0.2, -0.15) is 5.10 Å². The van der Waals surface area contributed by atoms with Gasteiger partial charge in [0.25, 0.3) is 5.56 Å². The van der Waals surface area contributed by atoms with Crippen molar-refractivity contribution in [1.29, 1.82) is 0 Å². The van der Waals surface area contributed by atoms with Crippen LogP contribution in [0.5, 0.6) is 0 Å². The molecule has 1 N–H and O–H groups in total. The molecule has 6 nitrogen and oxygen atoms in total. The second-order valence-electron chi connectivity index (χ2n) is 6.17. The summed E-state index contributed by atoms with van der Waals surface area (Å²) in [5.41, 5.74) is 0.972. The molecule has 0 spiro atoms. The molecule has 116 valence electrons. The third-order valence-corrected chi connectivity index (χ3v) is 4.53. The van der Waals surface area contributed by atoms with Crippen LogP contribution in [0.4, 0.5) is 5.69 Å². The minimum Gasteiger partial charge on any atom is -0.368 e. The molecule has 0 amide bonds. The van der Waals surface area contributed by atoms with Crippen molar-refractivity contribution in [2.75, 3.05) is 44.7 Å². The molecule has 1 atom stereocenters. The van der Waals surface area contributed by atoms with Crippen LogP contribution >= 0.6 is 0 Å². The number of piperidine rings is 1. The van der Waals surface area contributed by atoms with Gasteiger partial charge in [-0.05, 0) is 26.4 Å². The molecule has 0 aliphatic carbocycles. The normalized spacial score (nSPS) is 24.2. The minimum absolute atomic E-state index is 0.0128. The molecule has 1 unspecified atom stereocenters. The first-order valence-electron chi connectivity index (χ1n) is 7.96. The largest absolute Gasteiger partial charge is 0.368 e. The lowest BCUT2D eigenvalue weighted by atomic mass is 10.1.